The first-order valence-electron chi connectivity index (χ1n) is 12.5. The van der Waals surface area contributed by atoms with Crippen LogP contribution in [0.4, 0.5) is 4.39 Å². The summed E-state index contributed by atoms with van der Waals surface area (Å²) in [5, 5.41) is 0. The van der Waals surface area contributed by atoms with Gasteiger partial charge in [0.25, 0.3) is 0 Å². The van der Waals surface area contributed by atoms with E-state index in [0.29, 0.717) is 18.9 Å². The van der Waals surface area contributed by atoms with Gasteiger partial charge in [-0.3, -0.25) is 4.79 Å². The van der Waals surface area contributed by atoms with E-state index in [0.717, 1.165) is 28.9 Å². The van der Waals surface area contributed by atoms with Gasteiger partial charge in [0.2, 0.25) is 5.91 Å². The Morgan fingerprint density at radius 1 is 1.11 bits per heavy atom. The van der Waals surface area contributed by atoms with Crippen molar-refractivity contribution in [2.75, 3.05) is 13.6 Å². The molecule has 0 aromatic heterocycles. The van der Waals surface area contributed by atoms with E-state index in [9.17, 15) is 9.18 Å². The fourth-order valence-corrected chi connectivity index (χ4v) is 5.26. The third-order valence-corrected chi connectivity index (χ3v) is 7.74. The molecule has 1 amide bonds. The van der Waals surface area contributed by atoms with E-state index in [2.05, 4.69) is 20.8 Å². The average molecular weight is 484 g/mol. The lowest BCUT2D eigenvalue weighted by Crippen LogP contribution is -2.53. The first kappa shape index (κ1) is 25.6. The molecular weight excluding hydrogens is 445 g/mol. The summed E-state index contributed by atoms with van der Waals surface area (Å²) >= 11 is 0. The molecule has 0 unspecified atom stereocenters. The molecule has 4 rings (SSSR count). The molecule has 0 spiro atoms. The van der Waals surface area contributed by atoms with Crippen molar-refractivity contribution in [2.24, 2.45) is 11.3 Å². The predicted octanol–water partition coefficient (Wildman–Crippen LogP) is 5.85. The Morgan fingerprint density at radius 2 is 1.83 bits per heavy atom. The number of halogens is 1. The van der Waals surface area contributed by atoms with E-state index in [1.807, 2.05) is 38.1 Å². The van der Waals surface area contributed by atoms with Gasteiger partial charge in [0, 0.05) is 20.5 Å². The molecule has 6 heteroatoms. The van der Waals surface area contributed by atoms with Crippen LogP contribution in [0.3, 0.4) is 0 Å². The number of fused-ring (bicyclic) bond motifs is 1. The second-order valence-electron chi connectivity index (χ2n) is 11.2. The van der Waals surface area contributed by atoms with Gasteiger partial charge in [-0.25, -0.2) is 4.39 Å². The van der Waals surface area contributed by atoms with E-state index >= 15 is 0 Å². The number of hydrogen-bond acceptors (Lipinski definition) is 4. The summed E-state index contributed by atoms with van der Waals surface area (Å²) < 4.78 is 33.3. The molecule has 2 aliphatic rings. The molecule has 2 fully saturated rings. The summed E-state index contributed by atoms with van der Waals surface area (Å²) in [6.07, 6.45) is 1.14. The van der Waals surface area contributed by atoms with Crippen LogP contribution in [0.2, 0.25) is 0 Å². The molecule has 1 aliphatic heterocycles. The number of rotatable bonds is 6. The third kappa shape index (κ3) is 5.54. The summed E-state index contributed by atoms with van der Waals surface area (Å²) in [5.74, 6) is 0.131. The van der Waals surface area contributed by atoms with Crippen molar-refractivity contribution < 1.29 is 23.4 Å². The maximum Gasteiger partial charge on any atom is 0.219 e. The van der Waals surface area contributed by atoms with Gasteiger partial charge >= 0.3 is 0 Å². The Bertz CT molecular complexity index is 1080. The van der Waals surface area contributed by atoms with Crippen molar-refractivity contribution in [2.45, 2.75) is 78.5 Å². The van der Waals surface area contributed by atoms with E-state index < -0.39 is 5.79 Å². The van der Waals surface area contributed by atoms with E-state index in [1.54, 1.807) is 24.9 Å². The molecule has 0 N–H and O–H groups in total. The highest BCUT2D eigenvalue weighted by Gasteiger charge is 2.56. The van der Waals surface area contributed by atoms with Crippen LogP contribution in [-0.2, 0) is 20.7 Å². The van der Waals surface area contributed by atoms with Crippen molar-refractivity contribution >= 4 is 5.91 Å². The summed E-state index contributed by atoms with van der Waals surface area (Å²) in [5.41, 5.74) is 2.75. The van der Waals surface area contributed by atoms with Gasteiger partial charge < -0.3 is 19.1 Å². The van der Waals surface area contributed by atoms with Gasteiger partial charge in [-0.1, -0.05) is 39.0 Å². The van der Waals surface area contributed by atoms with Crippen LogP contribution < -0.4 is 4.74 Å². The molecule has 2 aromatic carbocycles. The van der Waals surface area contributed by atoms with Crippen molar-refractivity contribution in [3.05, 3.63) is 53.8 Å². The number of benzene rings is 2. The normalized spacial score (nSPS) is 26.7. The van der Waals surface area contributed by atoms with Crippen molar-refractivity contribution in [3.63, 3.8) is 0 Å². The predicted molar refractivity (Wildman–Crippen MR) is 135 cm³/mol. The van der Waals surface area contributed by atoms with Crippen LogP contribution in [0.5, 0.6) is 5.75 Å². The smallest absolute Gasteiger partial charge is 0.219 e. The summed E-state index contributed by atoms with van der Waals surface area (Å²) in [7, 11) is 1.79. The lowest BCUT2D eigenvalue weighted by molar-refractivity contribution is -0.153. The Morgan fingerprint density at radius 3 is 2.51 bits per heavy atom. The van der Waals surface area contributed by atoms with Gasteiger partial charge in [-0.05, 0) is 79.0 Å². The van der Waals surface area contributed by atoms with Crippen LogP contribution in [-0.4, -0.2) is 48.5 Å². The first-order valence-corrected chi connectivity index (χ1v) is 12.5. The fraction of sp³-hybridized carbons (Fsp3) is 0.552. The summed E-state index contributed by atoms with van der Waals surface area (Å²) in [4.78, 5) is 13.4. The van der Waals surface area contributed by atoms with Gasteiger partial charge in [-0.2, -0.15) is 0 Å². The second kappa shape index (κ2) is 9.55. The molecule has 1 aliphatic carbocycles. The molecule has 1 saturated heterocycles. The minimum Gasteiger partial charge on any atom is -0.488 e. The lowest BCUT2D eigenvalue weighted by Gasteiger charge is -2.46. The molecule has 35 heavy (non-hydrogen) atoms. The Hall–Kier alpha value is -2.44. The average Bonchev–Trinajstić information content (AvgIpc) is 3.11. The van der Waals surface area contributed by atoms with Crippen molar-refractivity contribution in [3.8, 4) is 16.9 Å². The quantitative estimate of drug-likeness (QED) is 0.517. The number of nitrogens with zero attached hydrogens (tertiary/aromatic N) is 1. The van der Waals surface area contributed by atoms with Crippen LogP contribution >= 0.6 is 0 Å². The monoisotopic (exact) mass is 483 g/mol. The maximum atomic E-state index is 14.1. The third-order valence-electron chi connectivity index (χ3n) is 7.74. The number of carbonyl (C=O) groups excluding carboxylic acids is 1. The molecule has 1 heterocycles. The van der Waals surface area contributed by atoms with Crippen LogP contribution in [0.1, 0.15) is 53.5 Å². The van der Waals surface area contributed by atoms with Gasteiger partial charge in [0.05, 0.1) is 6.10 Å². The standard InChI is InChI=1S/C29H38FNO4/c1-18-26-27(35-29(5,6)34-26)25(17-28(18,3)4)33-23-12-11-20(13-14-31(7)19(2)32)24(16-23)21-9-8-10-22(30)15-21/h8-12,15-16,18,25-27H,13-14,17H2,1-7H3/t18-,25-,26-,27+/m1/s1. The summed E-state index contributed by atoms with van der Waals surface area (Å²) in [6.45, 7) is 12.8. The molecule has 1 saturated carbocycles. The topological polar surface area (TPSA) is 48.0 Å². The molecule has 5 nitrogen and oxygen atoms in total. The zero-order chi connectivity index (χ0) is 25.5. The minimum atomic E-state index is -0.648. The zero-order valence-electron chi connectivity index (χ0n) is 21.9. The SMILES string of the molecule is CC(=O)N(C)CCc1ccc(O[C@@H]2CC(C)(C)[C@H](C)[C@H]3OC(C)(C)O[C@H]32)cc1-c1cccc(F)c1. The molecule has 190 valence electrons. The highest BCUT2D eigenvalue weighted by molar-refractivity contribution is 5.73. The largest absolute Gasteiger partial charge is 0.488 e. The second-order valence-corrected chi connectivity index (χ2v) is 11.2. The highest BCUT2D eigenvalue weighted by Crippen LogP contribution is 2.49. The number of hydrogen-bond donors (Lipinski definition) is 0. The van der Waals surface area contributed by atoms with Crippen LogP contribution in [0.25, 0.3) is 11.1 Å². The molecule has 0 bridgehead atoms. The van der Waals surface area contributed by atoms with Crippen LogP contribution in [0, 0.1) is 17.2 Å². The maximum absolute atomic E-state index is 14.1. The summed E-state index contributed by atoms with van der Waals surface area (Å²) in [6, 6.07) is 12.6. The number of amides is 1. The van der Waals surface area contributed by atoms with E-state index in [4.69, 9.17) is 14.2 Å². The lowest BCUT2D eigenvalue weighted by atomic mass is 9.66. The first-order chi connectivity index (χ1) is 16.4. The minimum absolute atomic E-state index is 0.0164. The Labute approximate surface area is 208 Å². The van der Waals surface area contributed by atoms with Gasteiger partial charge in [0.1, 0.15) is 23.8 Å². The van der Waals surface area contributed by atoms with Crippen LogP contribution in [0.15, 0.2) is 42.5 Å². The number of carbonyl (C=O) groups is 1. The van der Waals surface area contributed by atoms with Gasteiger partial charge in [0.15, 0.2) is 5.79 Å². The van der Waals surface area contributed by atoms with E-state index in [1.165, 1.54) is 12.1 Å². The zero-order valence-corrected chi connectivity index (χ0v) is 21.9. The fourth-order valence-electron chi connectivity index (χ4n) is 5.26. The Balaban J connectivity index is 1.64. The van der Waals surface area contributed by atoms with E-state index in [-0.39, 0.29) is 35.5 Å². The number of likely N-dealkylation sites (N-methyl/N-ethyl adjacent to an activating group) is 1. The molecule has 4 atom stereocenters. The Kier molecular flexibility index (Phi) is 7.00. The van der Waals surface area contributed by atoms with Gasteiger partial charge in [-0.15, -0.1) is 0 Å². The molecule has 0 radical (unpaired) electrons. The molecule has 2 aromatic rings. The van der Waals surface area contributed by atoms with Crippen molar-refractivity contribution in [1.82, 2.24) is 4.90 Å². The van der Waals surface area contributed by atoms with Crippen molar-refractivity contribution in [1.29, 1.82) is 0 Å². The molecular formula is C29H38FNO4. The number of ether oxygens (including phenoxy) is 3. The highest BCUT2D eigenvalue weighted by atomic mass is 19.1.